The van der Waals surface area contributed by atoms with E-state index in [4.69, 9.17) is 0 Å². The number of hydrogen-bond acceptors (Lipinski definition) is 3. The molecule has 1 aromatic carbocycles. The number of rotatable bonds is 6. The molecule has 1 aliphatic rings. The topological polar surface area (TPSA) is 69.6 Å². The Bertz CT molecular complexity index is 547. The van der Waals surface area contributed by atoms with Crippen molar-refractivity contribution in [2.24, 2.45) is 0 Å². The lowest BCUT2D eigenvalue weighted by Crippen LogP contribution is -2.46. The number of aliphatic hydroxyl groups is 1. The van der Waals surface area contributed by atoms with Gasteiger partial charge in [-0.1, -0.05) is 19.1 Å². The van der Waals surface area contributed by atoms with Crippen molar-refractivity contribution in [2.45, 2.75) is 44.8 Å². The molecule has 1 saturated heterocycles. The van der Waals surface area contributed by atoms with Crippen molar-refractivity contribution in [3.8, 4) is 0 Å². The smallest absolute Gasteiger partial charge is 0.242 e. The zero-order chi connectivity index (χ0) is 16.8. The Balaban J connectivity index is 1.88. The number of nitrogens with one attached hydrogen (secondary N) is 1. The monoisotopic (exact) mass is 322 g/mol. The maximum Gasteiger partial charge on any atom is 0.242 e. The van der Waals surface area contributed by atoms with Crippen molar-refractivity contribution in [3.05, 3.63) is 35.6 Å². The Hall–Kier alpha value is -1.95. The van der Waals surface area contributed by atoms with Crippen LogP contribution >= 0.6 is 0 Å². The maximum atomic E-state index is 12.9. The third-order valence-corrected chi connectivity index (χ3v) is 4.06. The van der Waals surface area contributed by atoms with Gasteiger partial charge in [-0.05, 0) is 37.0 Å². The fourth-order valence-corrected chi connectivity index (χ4v) is 2.81. The van der Waals surface area contributed by atoms with Gasteiger partial charge in [0.2, 0.25) is 11.8 Å². The van der Waals surface area contributed by atoms with Crippen LogP contribution in [0.2, 0.25) is 0 Å². The van der Waals surface area contributed by atoms with Gasteiger partial charge in [0.1, 0.15) is 11.9 Å². The fourth-order valence-electron chi connectivity index (χ4n) is 2.81. The van der Waals surface area contributed by atoms with Gasteiger partial charge < -0.3 is 15.3 Å². The Morgan fingerprint density at radius 2 is 2.09 bits per heavy atom. The second kappa shape index (κ2) is 8.06. The van der Waals surface area contributed by atoms with Crippen LogP contribution in [0.25, 0.3) is 0 Å². The summed E-state index contributed by atoms with van der Waals surface area (Å²) in [4.78, 5) is 25.9. The minimum Gasteiger partial charge on any atom is -0.387 e. The average molecular weight is 322 g/mol. The quantitative estimate of drug-likeness (QED) is 0.838. The maximum absolute atomic E-state index is 12.9. The van der Waals surface area contributed by atoms with Crippen LogP contribution in [0, 0.1) is 5.82 Å². The minimum absolute atomic E-state index is 0.00392. The molecule has 2 unspecified atom stereocenters. The van der Waals surface area contributed by atoms with Crippen LogP contribution in [0.5, 0.6) is 0 Å². The van der Waals surface area contributed by atoms with Gasteiger partial charge in [0, 0.05) is 19.5 Å². The fraction of sp³-hybridized carbons (Fsp3) is 0.529. The van der Waals surface area contributed by atoms with Gasteiger partial charge in [-0.25, -0.2) is 4.39 Å². The van der Waals surface area contributed by atoms with E-state index in [0.29, 0.717) is 24.9 Å². The summed E-state index contributed by atoms with van der Waals surface area (Å²) < 4.78 is 12.9. The Morgan fingerprint density at radius 3 is 2.74 bits per heavy atom. The van der Waals surface area contributed by atoms with Crippen LogP contribution in [0.4, 0.5) is 4.39 Å². The third kappa shape index (κ3) is 4.51. The molecule has 126 valence electrons. The highest BCUT2D eigenvalue weighted by Gasteiger charge is 2.33. The van der Waals surface area contributed by atoms with Crippen molar-refractivity contribution >= 4 is 11.8 Å². The predicted molar refractivity (Wildman–Crippen MR) is 84.0 cm³/mol. The highest BCUT2D eigenvalue weighted by Crippen LogP contribution is 2.19. The molecular formula is C17H23FN2O3. The molecule has 1 aliphatic heterocycles. The molecule has 0 spiro atoms. The molecule has 2 atom stereocenters. The van der Waals surface area contributed by atoms with Crippen LogP contribution in [0.15, 0.2) is 24.3 Å². The SMILES string of the molecule is CCCC(=O)N1CCCC1C(=O)NCC(O)c1ccc(F)cc1. The number of carbonyl (C=O) groups is 2. The molecule has 0 aliphatic carbocycles. The molecule has 0 aromatic heterocycles. The molecule has 1 fully saturated rings. The summed E-state index contributed by atoms with van der Waals surface area (Å²) in [6.07, 6.45) is 1.76. The summed E-state index contributed by atoms with van der Waals surface area (Å²) >= 11 is 0. The van der Waals surface area contributed by atoms with E-state index in [2.05, 4.69) is 5.32 Å². The molecule has 0 saturated carbocycles. The molecule has 1 heterocycles. The molecule has 0 bridgehead atoms. The molecule has 2 rings (SSSR count). The first-order chi connectivity index (χ1) is 11.0. The summed E-state index contributed by atoms with van der Waals surface area (Å²) in [5.74, 6) is -0.613. The number of aliphatic hydroxyl groups excluding tert-OH is 1. The first kappa shape index (κ1) is 17.4. The summed E-state index contributed by atoms with van der Waals surface area (Å²) in [5, 5.41) is 12.7. The van der Waals surface area contributed by atoms with Gasteiger partial charge in [-0.3, -0.25) is 9.59 Å². The normalized spacial score (nSPS) is 18.7. The van der Waals surface area contributed by atoms with E-state index in [9.17, 15) is 19.1 Å². The zero-order valence-electron chi connectivity index (χ0n) is 13.3. The largest absolute Gasteiger partial charge is 0.387 e. The van der Waals surface area contributed by atoms with Crippen molar-refractivity contribution in [1.82, 2.24) is 10.2 Å². The molecule has 6 heteroatoms. The Labute approximate surface area is 135 Å². The summed E-state index contributed by atoms with van der Waals surface area (Å²) in [5.41, 5.74) is 0.539. The van der Waals surface area contributed by atoms with Crippen molar-refractivity contribution in [3.63, 3.8) is 0 Å². The molecule has 2 amide bonds. The number of nitrogens with zero attached hydrogens (tertiary/aromatic N) is 1. The van der Waals surface area contributed by atoms with E-state index in [1.54, 1.807) is 4.90 Å². The average Bonchev–Trinajstić information content (AvgIpc) is 3.03. The van der Waals surface area contributed by atoms with Gasteiger partial charge in [0.25, 0.3) is 0 Å². The van der Waals surface area contributed by atoms with Crippen LogP contribution < -0.4 is 5.32 Å². The van der Waals surface area contributed by atoms with Crippen LogP contribution in [0.3, 0.4) is 0 Å². The molecule has 1 aromatic rings. The number of amides is 2. The van der Waals surface area contributed by atoms with Gasteiger partial charge in [-0.15, -0.1) is 0 Å². The summed E-state index contributed by atoms with van der Waals surface area (Å²) in [6.45, 7) is 2.58. The summed E-state index contributed by atoms with van der Waals surface area (Å²) in [6, 6.07) is 5.05. The first-order valence-electron chi connectivity index (χ1n) is 8.03. The van der Waals surface area contributed by atoms with Crippen LogP contribution in [-0.2, 0) is 9.59 Å². The van der Waals surface area contributed by atoms with Gasteiger partial charge in [0.05, 0.1) is 6.10 Å². The highest BCUT2D eigenvalue weighted by atomic mass is 19.1. The number of carbonyl (C=O) groups excluding carboxylic acids is 2. The number of halogens is 1. The molecular weight excluding hydrogens is 299 g/mol. The van der Waals surface area contributed by atoms with E-state index >= 15 is 0 Å². The lowest BCUT2D eigenvalue weighted by Gasteiger charge is -2.24. The van der Waals surface area contributed by atoms with E-state index in [0.717, 1.165) is 12.8 Å². The van der Waals surface area contributed by atoms with Crippen LogP contribution in [0.1, 0.15) is 44.3 Å². The summed E-state index contributed by atoms with van der Waals surface area (Å²) in [7, 11) is 0. The van der Waals surface area contributed by atoms with Crippen molar-refractivity contribution < 1.29 is 19.1 Å². The number of likely N-dealkylation sites (tertiary alicyclic amines) is 1. The van der Waals surface area contributed by atoms with Gasteiger partial charge in [0.15, 0.2) is 0 Å². The lowest BCUT2D eigenvalue weighted by atomic mass is 10.1. The molecule has 5 nitrogen and oxygen atoms in total. The highest BCUT2D eigenvalue weighted by molar-refractivity contribution is 5.88. The minimum atomic E-state index is -0.902. The Morgan fingerprint density at radius 1 is 1.39 bits per heavy atom. The molecule has 2 N–H and O–H groups in total. The molecule has 0 radical (unpaired) electrons. The van der Waals surface area contributed by atoms with E-state index in [1.807, 2.05) is 6.92 Å². The van der Waals surface area contributed by atoms with E-state index in [-0.39, 0.29) is 24.2 Å². The van der Waals surface area contributed by atoms with Crippen molar-refractivity contribution in [1.29, 1.82) is 0 Å². The van der Waals surface area contributed by atoms with Crippen molar-refractivity contribution in [2.75, 3.05) is 13.1 Å². The number of hydrogen-bond donors (Lipinski definition) is 2. The zero-order valence-corrected chi connectivity index (χ0v) is 13.3. The third-order valence-electron chi connectivity index (χ3n) is 4.06. The van der Waals surface area contributed by atoms with E-state index < -0.39 is 12.1 Å². The second-order valence-corrected chi connectivity index (χ2v) is 5.81. The number of benzene rings is 1. The molecule has 23 heavy (non-hydrogen) atoms. The predicted octanol–water partition coefficient (Wildman–Crippen LogP) is 1.77. The van der Waals surface area contributed by atoms with Gasteiger partial charge in [-0.2, -0.15) is 0 Å². The standard InChI is InChI=1S/C17H23FN2O3/c1-2-4-16(22)20-10-3-5-14(20)17(23)19-11-15(21)12-6-8-13(18)9-7-12/h6-9,14-15,21H,2-5,10-11H2,1H3,(H,19,23). The van der Waals surface area contributed by atoms with Crippen LogP contribution in [-0.4, -0.2) is 41.0 Å². The lowest BCUT2D eigenvalue weighted by molar-refractivity contribution is -0.138. The van der Waals surface area contributed by atoms with Gasteiger partial charge >= 0.3 is 0 Å². The second-order valence-electron chi connectivity index (χ2n) is 5.81. The Kier molecular flexibility index (Phi) is 6.10. The van der Waals surface area contributed by atoms with E-state index in [1.165, 1.54) is 24.3 Å². The first-order valence-corrected chi connectivity index (χ1v) is 8.03.